The van der Waals surface area contributed by atoms with Gasteiger partial charge in [-0.1, -0.05) is 13.8 Å². The number of anilines is 1. The molecule has 1 aromatic carbocycles. The van der Waals surface area contributed by atoms with Crippen molar-refractivity contribution in [3.8, 4) is 0 Å². The SMILES string of the molecule is Cc1cc(/C=N\Nc2ccc(C(=O)O)cc2)c(C)n1CC(C)C. The summed E-state index contributed by atoms with van der Waals surface area (Å²) in [5, 5.41) is 13.1. The van der Waals surface area contributed by atoms with Gasteiger partial charge in [-0.05, 0) is 50.1 Å². The molecule has 0 saturated heterocycles. The molecular weight excluding hydrogens is 290 g/mol. The molecule has 0 aliphatic heterocycles. The molecule has 0 atom stereocenters. The van der Waals surface area contributed by atoms with Gasteiger partial charge >= 0.3 is 5.97 Å². The zero-order valence-electron chi connectivity index (χ0n) is 14.0. The molecule has 2 aromatic rings. The lowest BCUT2D eigenvalue weighted by molar-refractivity contribution is 0.0697. The Labute approximate surface area is 136 Å². The van der Waals surface area contributed by atoms with E-state index in [-0.39, 0.29) is 5.56 Å². The number of carbonyl (C=O) groups is 1. The minimum Gasteiger partial charge on any atom is -0.478 e. The molecule has 0 amide bonds. The molecule has 0 spiro atoms. The van der Waals surface area contributed by atoms with Crippen LogP contribution in [0.25, 0.3) is 0 Å². The molecule has 5 heteroatoms. The molecule has 2 rings (SSSR count). The summed E-state index contributed by atoms with van der Waals surface area (Å²) in [5.74, 6) is -0.340. The minimum absolute atomic E-state index is 0.261. The third-order valence-corrected chi connectivity index (χ3v) is 3.69. The first-order valence-corrected chi connectivity index (χ1v) is 7.67. The first-order valence-electron chi connectivity index (χ1n) is 7.67. The lowest BCUT2D eigenvalue weighted by Gasteiger charge is -2.11. The number of nitrogens with zero attached hydrogens (tertiary/aromatic N) is 2. The highest BCUT2D eigenvalue weighted by Gasteiger charge is 2.08. The molecule has 0 radical (unpaired) electrons. The Kier molecular flexibility index (Phi) is 5.21. The minimum atomic E-state index is -0.933. The van der Waals surface area contributed by atoms with Gasteiger partial charge in [-0.25, -0.2) is 4.79 Å². The zero-order valence-corrected chi connectivity index (χ0v) is 14.0. The summed E-state index contributed by atoms with van der Waals surface area (Å²) in [6.45, 7) is 9.60. The topological polar surface area (TPSA) is 66.6 Å². The molecule has 0 aliphatic carbocycles. The van der Waals surface area contributed by atoms with Crippen LogP contribution in [0.15, 0.2) is 35.4 Å². The lowest BCUT2D eigenvalue weighted by Crippen LogP contribution is -2.08. The summed E-state index contributed by atoms with van der Waals surface area (Å²) >= 11 is 0. The van der Waals surface area contributed by atoms with E-state index >= 15 is 0 Å². The predicted octanol–water partition coefficient (Wildman–Crippen LogP) is 3.91. The maximum Gasteiger partial charge on any atom is 0.335 e. The van der Waals surface area contributed by atoms with Crippen LogP contribution < -0.4 is 5.43 Å². The van der Waals surface area contributed by atoms with Crippen molar-refractivity contribution in [2.24, 2.45) is 11.0 Å². The number of nitrogens with one attached hydrogen (secondary N) is 1. The van der Waals surface area contributed by atoms with Crippen molar-refractivity contribution in [2.75, 3.05) is 5.43 Å². The van der Waals surface area contributed by atoms with Crippen molar-refractivity contribution >= 4 is 17.9 Å². The number of hydrogen-bond acceptors (Lipinski definition) is 3. The Balaban J connectivity index is 2.07. The monoisotopic (exact) mass is 313 g/mol. The van der Waals surface area contributed by atoms with Crippen molar-refractivity contribution in [3.05, 3.63) is 52.8 Å². The maximum atomic E-state index is 10.8. The van der Waals surface area contributed by atoms with E-state index in [1.807, 2.05) is 0 Å². The van der Waals surface area contributed by atoms with E-state index in [4.69, 9.17) is 5.11 Å². The van der Waals surface area contributed by atoms with Crippen LogP contribution in [0.3, 0.4) is 0 Å². The maximum absolute atomic E-state index is 10.8. The van der Waals surface area contributed by atoms with Crippen LogP contribution in [-0.4, -0.2) is 21.9 Å². The van der Waals surface area contributed by atoms with Gasteiger partial charge in [-0.3, -0.25) is 5.43 Å². The molecule has 0 fully saturated rings. The molecule has 5 nitrogen and oxygen atoms in total. The van der Waals surface area contributed by atoms with Gasteiger partial charge in [0, 0.05) is 23.5 Å². The molecule has 0 unspecified atom stereocenters. The highest BCUT2D eigenvalue weighted by atomic mass is 16.4. The van der Waals surface area contributed by atoms with Crippen LogP contribution in [0.5, 0.6) is 0 Å². The van der Waals surface area contributed by atoms with Crippen LogP contribution >= 0.6 is 0 Å². The fourth-order valence-corrected chi connectivity index (χ4v) is 2.47. The third kappa shape index (κ3) is 4.22. The Morgan fingerprint density at radius 1 is 1.30 bits per heavy atom. The van der Waals surface area contributed by atoms with Gasteiger partial charge in [0.2, 0.25) is 0 Å². The van der Waals surface area contributed by atoms with Gasteiger partial charge in [-0.15, -0.1) is 0 Å². The normalized spacial score (nSPS) is 11.3. The Hall–Kier alpha value is -2.56. The van der Waals surface area contributed by atoms with Crippen molar-refractivity contribution in [1.82, 2.24) is 4.57 Å². The number of aromatic nitrogens is 1. The van der Waals surface area contributed by atoms with Gasteiger partial charge in [0.05, 0.1) is 17.5 Å². The standard InChI is InChI=1S/C18H23N3O2/c1-12(2)11-21-13(3)9-16(14(21)4)10-19-20-17-7-5-15(6-8-17)18(22)23/h5-10,12,20H,11H2,1-4H3,(H,22,23)/b19-10-. The smallest absolute Gasteiger partial charge is 0.335 e. The summed E-state index contributed by atoms with van der Waals surface area (Å²) in [7, 11) is 0. The molecule has 1 aromatic heterocycles. The van der Waals surface area contributed by atoms with Crippen molar-refractivity contribution < 1.29 is 9.90 Å². The molecule has 0 saturated carbocycles. The van der Waals surface area contributed by atoms with Crippen molar-refractivity contribution in [2.45, 2.75) is 34.2 Å². The average Bonchev–Trinajstić information content (AvgIpc) is 2.75. The molecule has 0 bridgehead atoms. The second-order valence-electron chi connectivity index (χ2n) is 6.08. The van der Waals surface area contributed by atoms with E-state index in [1.165, 1.54) is 11.4 Å². The molecule has 2 N–H and O–H groups in total. The number of aryl methyl sites for hydroxylation is 1. The fourth-order valence-electron chi connectivity index (χ4n) is 2.47. The van der Waals surface area contributed by atoms with E-state index < -0.39 is 5.97 Å². The molecule has 0 aliphatic rings. The van der Waals surface area contributed by atoms with E-state index in [1.54, 1.807) is 30.5 Å². The average molecular weight is 313 g/mol. The van der Waals surface area contributed by atoms with Crippen molar-refractivity contribution in [3.63, 3.8) is 0 Å². The molecule has 23 heavy (non-hydrogen) atoms. The summed E-state index contributed by atoms with van der Waals surface area (Å²) in [4.78, 5) is 10.8. The van der Waals surface area contributed by atoms with Crippen LogP contribution in [-0.2, 0) is 6.54 Å². The highest BCUT2D eigenvalue weighted by molar-refractivity contribution is 5.88. The number of aromatic carboxylic acids is 1. The summed E-state index contributed by atoms with van der Waals surface area (Å²) in [6.07, 6.45) is 1.80. The van der Waals surface area contributed by atoms with E-state index in [0.717, 1.165) is 17.8 Å². The van der Waals surface area contributed by atoms with Gasteiger partial charge in [-0.2, -0.15) is 5.10 Å². The Bertz CT molecular complexity index is 713. The third-order valence-electron chi connectivity index (χ3n) is 3.69. The Morgan fingerprint density at radius 2 is 1.96 bits per heavy atom. The van der Waals surface area contributed by atoms with Gasteiger partial charge in [0.15, 0.2) is 0 Å². The fraction of sp³-hybridized carbons (Fsp3) is 0.333. The molecule has 122 valence electrons. The van der Waals surface area contributed by atoms with Gasteiger partial charge < -0.3 is 9.67 Å². The van der Waals surface area contributed by atoms with E-state index in [2.05, 4.69) is 48.9 Å². The van der Waals surface area contributed by atoms with Crippen LogP contribution in [0.2, 0.25) is 0 Å². The Morgan fingerprint density at radius 3 is 2.52 bits per heavy atom. The highest BCUT2D eigenvalue weighted by Crippen LogP contribution is 2.16. The number of hydrazone groups is 1. The lowest BCUT2D eigenvalue weighted by atomic mass is 10.2. The number of carboxylic acid groups (broad SMARTS) is 1. The summed E-state index contributed by atoms with van der Waals surface area (Å²) in [6, 6.07) is 8.62. The largest absolute Gasteiger partial charge is 0.478 e. The summed E-state index contributed by atoms with van der Waals surface area (Å²) < 4.78 is 2.30. The first kappa shape index (κ1) is 16.8. The number of rotatable bonds is 6. The van der Waals surface area contributed by atoms with E-state index in [0.29, 0.717) is 5.92 Å². The zero-order chi connectivity index (χ0) is 17.0. The molecule has 1 heterocycles. The predicted molar refractivity (Wildman–Crippen MR) is 93.4 cm³/mol. The second-order valence-corrected chi connectivity index (χ2v) is 6.08. The molecular formula is C18H23N3O2. The van der Waals surface area contributed by atoms with Crippen molar-refractivity contribution in [1.29, 1.82) is 0 Å². The van der Waals surface area contributed by atoms with E-state index in [9.17, 15) is 4.79 Å². The first-order chi connectivity index (χ1) is 10.9. The second kappa shape index (κ2) is 7.13. The number of benzene rings is 1. The van der Waals surface area contributed by atoms with Gasteiger partial charge in [0.1, 0.15) is 0 Å². The van der Waals surface area contributed by atoms with Crippen LogP contribution in [0, 0.1) is 19.8 Å². The van der Waals surface area contributed by atoms with Gasteiger partial charge in [0.25, 0.3) is 0 Å². The van der Waals surface area contributed by atoms with Crippen LogP contribution in [0.4, 0.5) is 5.69 Å². The van der Waals surface area contributed by atoms with Crippen LogP contribution in [0.1, 0.15) is 41.2 Å². The quantitative estimate of drug-likeness (QED) is 0.628. The number of hydrogen-bond donors (Lipinski definition) is 2. The summed E-state index contributed by atoms with van der Waals surface area (Å²) in [5.41, 5.74) is 7.44. The number of carboxylic acids is 1.